The molecule has 0 aliphatic carbocycles. The molecule has 3 aromatic rings. The summed E-state index contributed by atoms with van der Waals surface area (Å²) < 4.78 is 11.0. The Kier molecular flexibility index (Phi) is 8.87. The van der Waals surface area contributed by atoms with Crippen molar-refractivity contribution in [3.05, 3.63) is 78.1 Å². The summed E-state index contributed by atoms with van der Waals surface area (Å²) in [6.45, 7) is 11.4. The molecule has 1 N–H and O–H groups in total. The number of para-hydroxylation sites is 1. The van der Waals surface area contributed by atoms with Crippen molar-refractivity contribution in [1.29, 1.82) is 0 Å². The molecule has 3 heterocycles. The van der Waals surface area contributed by atoms with Crippen molar-refractivity contribution in [3.63, 3.8) is 0 Å². The molecule has 8 nitrogen and oxygen atoms in total. The van der Waals surface area contributed by atoms with Crippen molar-refractivity contribution in [2.45, 2.75) is 45.9 Å². The summed E-state index contributed by atoms with van der Waals surface area (Å²) >= 11 is 0. The van der Waals surface area contributed by atoms with Gasteiger partial charge in [0.2, 0.25) is 11.8 Å². The Balaban J connectivity index is 1.29. The van der Waals surface area contributed by atoms with E-state index in [-0.39, 0.29) is 23.8 Å². The van der Waals surface area contributed by atoms with Gasteiger partial charge in [-0.2, -0.15) is 0 Å². The predicted molar refractivity (Wildman–Crippen MR) is 156 cm³/mol. The van der Waals surface area contributed by atoms with E-state index in [0.717, 1.165) is 49.7 Å². The molecule has 0 spiro atoms. The quantitative estimate of drug-likeness (QED) is 0.459. The maximum absolute atomic E-state index is 13.7. The van der Waals surface area contributed by atoms with E-state index in [1.807, 2.05) is 62.1 Å². The average molecular weight is 545 g/mol. The van der Waals surface area contributed by atoms with Crippen LogP contribution in [-0.4, -0.2) is 73.1 Å². The third kappa shape index (κ3) is 6.40. The Bertz CT molecular complexity index is 1270. The lowest BCUT2D eigenvalue weighted by atomic mass is 10.0. The van der Waals surface area contributed by atoms with E-state index in [1.54, 1.807) is 6.26 Å². The van der Waals surface area contributed by atoms with E-state index in [4.69, 9.17) is 9.15 Å². The Morgan fingerprint density at radius 2 is 1.73 bits per heavy atom. The number of hydrogen-bond donors (Lipinski definition) is 1. The van der Waals surface area contributed by atoms with Crippen molar-refractivity contribution in [3.8, 4) is 11.3 Å². The van der Waals surface area contributed by atoms with E-state index in [2.05, 4.69) is 39.4 Å². The zero-order valence-corrected chi connectivity index (χ0v) is 23.7. The number of nitrogens with one attached hydrogen (secondary N) is 1. The van der Waals surface area contributed by atoms with E-state index in [1.165, 1.54) is 11.3 Å². The first-order valence-corrected chi connectivity index (χ1v) is 14.3. The molecule has 2 atom stereocenters. The van der Waals surface area contributed by atoms with E-state index in [0.29, 0.717) is 19.6 Å². The minimum absolute atomic E-state index is 0.0174. The van der Waals surface area contributed by atoms with Crippen molar-refractivity contribution < 1.29 is 18.7 Å². The van der Waals surface area contributed by atoms with Crippen molar-refractivity contribution in [2.24, 2.45) is 5.92 Å². The maximum Gasteiger partial charge on any atom is 0.244 e. The van der Waals surface area contributed by atoms with Crippen LogP contribution in [0.1, 0.15) is 31.9 Å². The number of piperazine rings is 1. The summed E-state index contributed by atoms with van der Waals surface area (Å²) in [5.74, 6) is 0.524. The summed E-state index contributed by atoms with van der Waals surface area (Å²) in [6.07, 6.45) is 1.66. The minimum Gasteiger partial charge on any atom is -0.464 e. The van der Waals surface area contributed by atoms with Crippen LogP contribution in [0.2, 0.25) is 0 Å². The third-order valence-electron chi connectivity index (χ3n) is 7.78. The Labute approximate surface area is 236 Å². The monoisotopic (exact) mass is 544 g/mol. The molecule has 2 aliphatic heterocycles. The van der Waals surface area contributed by atoms with E-state index in [9.17, 15) is 9.59 Å². The van der Waals surface area contributed by atoms with Gasteiger partial charge in [0, 0.05) is 62.5 Å². The molecule has 5 rings (SSSR count). The number of rotatable bonds is 8. The first-order chi connectivity index (χ1) is 19.4. The van der Waals surface area contributed by atoms with Crippen LogP contribution in [0, 0.1) is 5.92 Å². The lowest BCUT2D eigenvalue weighted by Crippen LogP contribution is -2.64. The summed E-state index contributed by atoms with van der Waals surface area (Å²) in [5, 5.41) is 3.11. The minimum atomic E-state index is -0.559. The Morgan fingerprint density at radius 1 is 0.975 bits per heavy atom. The SMILES string of the molecule is CC(C)C(=O)N1[C@H](C)CN(Cc2ccccc2N2CCOCC2)C[C@@H]1C(=O)NCc1ccc(-c2ccco2)cc1. The van der Waals surface area contributed by atoms with Crippen LogP contribution in [0.3, 0.4) is 0 Å². The lowest BCUT2D eigenvalue weighted by Gasteiger charge is -2.46. The van der Waals surface area contributed by atoms with Crippen molar-refractivity contribution >= 4 is 17.5 Å². The second-order valence-electron chi connectivity index (χ2n) is 11.1. The van der Waals surface area contributed by atoms with Crippen LogP contribution in [0.4, 0.5) is 5.69 Å². The molecule has 1 aromatic heterocycles. The second-order valence-corrected chi connectivity index (χ2v) is 11.1. The van der Waals surface area contributed by atoms with Crippen molar-refractivity contribution in [2.75, 3.05) is 44.3 Å². The lowest BCUT2D eigenvalue weighted by molar-refractivity contribution is -0.150. The fourth-order valence-electron chi connectivity index (χ4n) is 5.72. The van der Waals surface area contributed by atoms with Gasteiger partial charge in [0.05, 0.1) is 19.5 Å². The van der Waals surface area contributed by atoms with Gasteiger partial charge in [0.25, 0.3) is 0 Å². The molecule has 2 aliphatic rings. The highest BCUT2D eigenvalue weighted by atomic mass is 16.5. The van der Waals surface area contributed by atoms with Gasteiger partial charge < -0.3 is 24.3 Å². The molecule has 0 unspecified atom stereocenters. The summed E-state index contributed by atoms with van der Waals surface area (Å²) in [7, 11) is 0. The Morgan fingerprint density at radius 3 is 2.42 bits per heavy atom. The number of nitrogens with zero attached hydrogens (tertiary/aromatic N) is 3. The standard InChI is InChI=1S/C32H40N4O4/c1-23(2)32(38)36-24(3)20-34(21-27-7-4-5-8-28(27)35-14-17-39-18-15-35)22-29(36)31(37)33-19-25-10-12-26(13-11-25)30-9-6-16-40-30/h4-13,16,23-24,29H,14-15,17-22H2,1-3H3,(H,33,37)/t24-,29-/m1/s1. The molecular weight excluding hydrogens is 504 g/mol. The number of ether oxygens (including phenoxy) is 1. The summed E-state index contributed by atoms with van der Waals surface area (Å²) in [5.41, 5.74) is 4.43. The highest BCUT2D eigenvalue weighted by Crippen LogP contribution is 2.26. The van der Waals surface area contributed by atoms with Gasteiger partial charge in [-0.1, -0.05) is 56.3 Å². The van der Waals surface area contributed by atoms with Gasteiger partial charge >= 0.3 is 0 Å². The highest BCUT2D eigenvalue weighted by Gasteiger charge is 2.40. The zero-order chi connectivity index (χ0) is 28.1. The van der Waals surface area contributed by atoms with Gasteiger partial charge in [-0.05, 0) is 36.2 Å². The van der Waals surface area contributed by atoms with Crippen LogP contribution < -0.4 is 10.2 Å². The van der Waals surface area contributed by atoms with Crippen LogP contribution in [-0.2, 0) is 27.4 Å². The van der Waals surface area contributed by atoms with Crippen LogP contribution in [0.5, 0.6) is 0 Å². The molecule has 2 saturated heterocycles. The van der Waals surface area contributed by atoms with Crippen LogP contribution in [0.25, 0.3) is 11.3 Å². The maximum atomic E-state index is 13.7. The topological polar surface area (TPSA) is 78.3 Å². The number of benzene rings is 2. The van der Waals surface area contributed by atoms with Gasteiger partial charge in [-0.25, -0.2) is 0 Å². The van der Waals surface area contributed by atoms with Crippen molar-refractivity contribution in [1.82, 2.24) is 15.1 Å². The third-order valence-corrected chi connectivity index (χ3v) is 7.78. The molecule has 0 radical (unpaired) electrons. The molecule has 0 saturated carbocycles. The largest absolute Gasteiger partial charge is 0.464 e. The summed E-state index contributed by atoms with van der Waals surface area (Å²) in [4.78, 5) is 33.4. The Hall–Kier alpha value is -3.62. The fraction of sp³-hybridized carbons (Fsp3) is 0.438. The molecule has 2 fully saturated rings. The van der Waals surface area contributed by atoms with Crippen LogP contribution >= 0.6 is 0 Å². The number of amides is 2. The molecule has 0 bridgehead atoms. The molecule has 8 heteroatoms. The molecule has 40 heavy (non-hydrogen) atoms. The summed E-state index contributed by atoms with van der Waals surface area (Å²) in [6, 6.07) is 19.6. The van der Waals surface area contributed by atoms with Crippen LogP contribution in [0.15, 0.2) is 71.3 Å². The van der Waals surface area contributed by atoms with E-state index < -0.39 is 6.04 Å². The first-order valence-electron chi connectivity index (χ1n) is 14.3. The van der Waals surface area contributed by atoms with E-state index >= 15 is 0 Å². The number of anilines is 1. The first kappa shape index (κ1) is 27.9. The number of morpholine rings is 1. The molecule has 2 amide bonds. The zero-order valence-electron chi connectivity index (χ0n) is 23.7. The van der Waals surface area contributed by atoms with Gasteiger partial charge in [0.15, 0.2) is 0 Å². The number of furan rings is 1. The average Bonchev–Trinajstić information content (AvgIpc) is 3.51. The molecule has 212 valence electrons. The fourth-order valence-corrected chi connectivity index (χ4v) is 5.72. The van der Waals surface area contributed by atoms with Gasteiger partial charge in [-0.3, -0.25) is 14.5 Å². The number of carbonyl (C=O) groups is 2. The molecular formula is C32H40N4O4. The molecule has 2 aromatic carbocycles. The number of hydrogen-bond acceptors (Lipinski definition) is 6. The second kappa shape index (κ2) is 12.7. The highest BCUT2D eigenvalue weighted by molar-refractivity contribution is 5.89. The van der Waals surface area contributed by atoms with Gasteiger partial charge in [-0.15, -0.1) is 0 Å². The van der Waals surface area contributed by atoms with Gasteiger partial charge in [0.1, 0.15) is 11.8 Å². The normalized spacial score (nSPS) is 20.1. The smallest absolute Gasteiger partial charge is 0.244 e. The predicted octanol–water partition coefficient (Wildman–Crippen LogP) is 4.16. The number of carbonyl (C=O) groups excluding carboxylic acids is 2.